The first kappa shape index (κ1) is 28.4. The minimum Gasteiger partial charge on any atom is -0.487 e. The lowest BCUT2D eigenvalue weighted by atomic mass is 9.77. The third-order valence-corrected chi connectivity index (χ3v) is 8.59. The number of nitrogens with zero attached hydrogens (tertiary/aromatic N) is 2. The SMILES string of the molecule is CCSC(=O)C(C)(c1ccc(OCc2ccc3ccccc3n2)cc1)c1ccc(OCc2ccc3ccccc3n2)cc1. The Kier molecular flexibility index (Phi) is 8.38. The van der Waals surface area contributed by atoms with Crippen LogP contribution in [0.3, 0.4) is 0 Å². The van der Waals surface area contributed by atoms with Crippen molar-refractivity contribution in [3.63, 3.8) is 0 Å². The summed E-state index contributed by atoms with van der Waals surface area (Å²) in [6, 6.07) is 39.8. The van der Waals surface area contributed by atoms with Crippen molar-refractivity contribution in [3.05, 3.63) is 144 Å². The number of carbonyl (C=O) groups excluding carboxylic acids is 1. The Morgan fingerprint density at radius 2 is 1.07 bits per heavy atom. The van der Waals surface area contributed by atoms with Gasteiger partial charge in [0.25, 0.3) is 0 Å². The number of ether oxygens (including phenoxy) is 2. The Hall–Kier alpha value is -4.68. The summed E-state index contributed by atoms with van der Waals surface area (Å²) in [7, 11) is 0. The van der Waals surface area contributed by atoms with Crippen molar-refractivity contribution in [2.75, 3.05) is 5.75 Å². The van der Waals surface area contributed by atoms with Crippen molar-refractivity contribution in [1.29, 1.82) is 0 Å². The normalized spacial score (nSPS) is 11.5. The third kappa shape index (κ3) is 6.25. The highest BCUT2D eigenvalue weighted by Crippen LogP contribution is 2.38. The number of hydrogen-bond donors (Lipinski definition) is 0. The van der Waals surface area contributed by atoms with E-state index in [0.717, 1.165) is 55.8 Å². The number of carbonyl (C=O) groups is 1. The zero-order valence-corrected chi connectivity index (χ0v) is 25.0. The lowest BCUT2D eigenvalue weighted by Gasteiger charge is -2.29. The number of fused-ring (bicyclic) bond motifs is 2. The highest BCUT2D eigenvalue weighted by Gasteiger charge is 2.37. The molecule has 0 fully saturated rings. The Morgan fingerprint density at radius 3 is 1.51 bits per heavy atom. The van der Waals surface area contributed by atoms with Crippen LogP contribution in [0.1, 0.15) is 36.4 Å². The summed E-state index contributed by atoms with van der Waals surface area (Å²) in [5, 5.41) is 2.30. The maximum absolute atomic E-state index is 13.6. The maximum atomic E-state index is 13.6. The third-order valence-electron chi connectivity index (χ3n) is 7.63. The van der Waals surface area contributed by atoms with Crippen LogP contribution in [0.15, 0.2) is 121 Å². The quantitative estimate of drug-likeness (QED) is 0.161. The van der Waals surface area contributed by atoms with Gasteiger partial charge in [-0.15, -0.1) is 0 Å². The predicted octanol–water partition coefficient (Wildman–Crippen LogP) is 8.53. The topological polar surface area (TPSA) is 61.3 Å². The van der Waals surface area contributed by atoms with Gasteiger partial charge in [0.05, 0.1) is 27.8 Å². The molecule has 6 rings (SSSR count). The van der Waals surface area contributed by atoms with Crippen molar-refractivity contribution >= 4 is 38.7 Å². The molecule has 43 heavy (non-hydrogen) atoms. The minimum absolute atomic E-state index is 0.0954. The van der Waals surface area contributed by atoms with Gasteiger partial charge in [-0.3, -0.25) is 4.79 Å². The molecule has 5 nitrogen and oxygen atoms in total. The fourth-order valence-electron chi connectivity index (χ4n) is 5.14. The smallest absolute Gasteiger partial charge is 0.203 e. The van der Waals surface area contributed by atoms with Crippen LogP contribution < -0.4 is 9.47 Å². The van der Waals surface area contributed by atoms with Gasteiger partial charge in [-0.1, -0.05) is 91.5 Å². The first-order valence-electron chi connectivity index (χ1n) is 14.4. The first-order chi connectivity index (χ1) is 21.0. The molecule has 0 atom stereocenters. The number of para-hydroxylation sites is 2. The largest absolute Gasteiger partial charge is 0.487 e. The van der Waals surface area contributed by atoms with E-state index in [0.29, 0.717) is 19.0 Å². The molecule has 0 spiro atoms. The Balaban J connectivity index is 1.16. The average Bonchev–Trinajstić information content (AvgIpc) is 3.06. The van der Waals surface area contributed by atoms with Gasteiger partial charge in [0.2, 0.25) is 5.12 Å². The average molecular weight is 585 g/mol. The van der Waals surface area contributed by atoms with Crippen LogP contribution in [0.4, 0.5) is 0 Å². The summed E-state index contributed by atoms with van der Waals surface area (Å²) in [6.45, 7) is 4.71. The van der Waals surface area contributed by atoms with Gasteiger partial charge in [0, 0.05) is 10.8 Å². The van der Waals surface area contributed by atoms with Crippen LogP contribution in [0.2, 0.25) is 0 Å². The molecule has 0 bridgehead atoms. The summed E-state index contributed by atoms with van der Waals surface area (Å²) < 4.78 is 12.1. The van der Waals surface area contributed by atoms with Gasteiger partial charge in [-0.25, -0.2) is 9.97 Å². The number of pyridine rings is 2. The molecule has 214 valence electrons. The van der Waals surface area contributed by atoms with Crippen LogP contribution >= 0.6 is 11.8 Å². The van der Waals surface area contributed by atoms with E-state index in [-0.39, 0.29) is 5.12 Å². The standard InChI is InChI=1S/C37H32N2O3S/c1-3-43-36(40)37(2,28-14-20-32(21-15-28)41-24-30-18-12-26-8-4-6-10-34(26)38-30)29-16-22-33(23-17-29)42-25-31-19-13-27-9-5-7-11-35(27)39-31/h4-23H,3,24-25H2,1-2H3. The van der Waals surface area contributed by atoms with Gasteiger partial charge in [-0.05, 0) is 72.3 Å². The van der Waals surface area contributed by atoms with Gasteiger partial charge < -0.3 is 9.47 Å². The number of aromatic nitrogens is 2. The van der Waals surface area contributed by atoms with Gasteiger partial charge in [0.1, 0.15) is 24.7 Å². The minimum atomic E-state index is -0.836. The molecule has 0 N–H and O–H groups in total. The molecule has 0 aliphatic heterocycles. The van der Waals surface area contributed by atoms with Gasteiger partial charge in [0.15, 0.2) is 0 Å². The monoisotopic (exact) mass is 584 g/mol. The molecule has 0 radical (unpaired) electrons. The van der Waals surface area contributed by atoms with Crippen molar-refractivity contribution in [3.8, 4) is 11.5 Å². The van der Waals surface area contributed by atoms with E-state index in [1.165, 1.54) is 11.8 Å². The molecule has 4 aromatic carbocycles. The lowest BCUT2D eigenvalue weighted by Crippen LogP contribution is -2.32. The lowest BCUT2D eigenvalue weighted by molar-refractivity contribution is -0.114. The summed E-state index contributed by atoms with van der Waals surface area (Å²) in [6.07, 6.45) is 0. The molecular weight excluding hydrogens is 552 g/mol. The molecule has 2 heterocycles. The molecule has 0 saturated carbocycles. The van der Waals surface area contributed by atoms with Gasteiger partial charge in [-0.2, -0.15) is 0 Å². The van der Waals surface area contributed by atoms with E-state index < -0.39 is 5.41 Å². The Morgan fingerprint density at radius 1 is 0.628 bits per heavy atom. The predicted molar refractivity (Wildman–Crippen MR) is 175 cm³/mol. The summed E-state index contributed by atoms with van der Waals surface area (Å²) >= 11 is 1.34. The second-order valence-corrected chi connectivity index (χ2v) is 11.7. The van der Waals surface area contributed by atoms with E-state index >= 15 is 0 Å². The van der Waals surface area contributed by atoms with Crippen LogP contribution in [0.5, 0.6) is 11.5 Å². The molecule has 6 heteroatoms. The Labute approximate surface area is 255 Å². The Bertz CT molecular complexity index is 1740. The van der Waals surface area contributed by atoms with Gasteiger partial charge >= 0.3 is 0 Å². The molecule has 0 unspecified atom stereocenters. The van der Waals surface area contributed by atoms with Crippen molar-refractivity contribution < 1.29 is 14.3 Å². The first-order valence-corrected chi connectivity index (χ1v) is 15.3. The van der Waals surface area contributed by atoms with Crippen LogP contribution in [0, 0.1) is 0 Å². The van der Waals surface area contributed by atoms with Crippen molar-refractivity contribution in [2.45, 2.75) is 32.5 Å². The van der Waals surface area contributed by atoms with Crippen LogP contribution in [-0.4, -0.2) is 20.8 Å². The fourth-order valence-corrected chi connectivity index (χ4v) is 5.93. The molecule has 6 aromatic rings. The van der Waals surface area contributed by atoms with Crippen LogP contribution in [0.25, 0.3) is 21.8 Å². The number of benzene rings is 4. The number of rotatable bonds is 10. The van der Waals surface area contributed by atoms with Crippen LogP contribution in [-0.2, 0) is 23.4 Å². The molecule has 2 aromatic heterocycles. The van der Waals surface area contributed by atoms with E-state index in [1.54, 1.807) is 0 Å². The van der Waals surface area contributed by atoms with E-state index in [4.69, 9.17) is 19.4 Å². The molecular formula is C37H32N2O3S. The fraction of sp³-hybridized carbons (Fsp3) is 0.162. The zero-order chi connectivity index (χ0) is 29.6. The summed E-state index contributed by atoms with van der Waals surface area (Å²) in [5.41, 5.74) is 4.60. The second-order valence-electron chi connectivity index (χ2n) is 10.5. The summed E-state index contributed by atoms with van der Waals surface area (Å²) in [4.78, 5) is 22.9. The van der Waals surface area contributed by atoms with Crippen molar-refractivity contribution in [2.24, 2.45) is 0 Å². The number of thioether (sulfide) groups is 1. The van der Waals surface area contributed by atoms with Crippen molar-refractivity contribution in [1.82, 2.24) is 9.97 Å². The number of hydrogen-bond acceptors (Lipinski definition) is 6. The second kappa shape index (κ2) is 12.7. The summed E-state index contributed by atoms with van der Waals surface area (Å²) in [5.74, 6) is 2.15. The molecule has 0 aliphatic rings. The molecule has 0 saturated heterocycles. The molecule has 0 aliphatic carbocycles. The molecule has 0 amide bonds. The maximum Gasteiger partial charge on any atom is 0.203 e. The highest BCUT2D eigenvalue weighted by molar-refractivity contribution is 8.13. The zero-order valence-electron chi connectivity index (χ0n) is 24.2. The highest BCUT2D eigenvalue weighted by atomic mass is 32.2. The van der Waals surface area contributed by atoms with E-state index in [2.05, 4.69) is 12.1 Å². The van der Waals surface area contributed by atoms with E-state index in [1.807, 2.05) is 123 Å². The van der Waals surface area contributed by atoms with E-state index in [9.17, 15) is 4.79 Å².